The number of aliphatic hydroxyl groups excluding tert-OH is 1. The van der Waals surface area contributed by atoms with E-state index in [2.05, 4.69) is 0 Å². The van der Waals surface area contributed by atoms with E-state index in [1.54, 1.807) is 6.92 Å². The van der Waals surface area contributed by atoms with Crippen molar-refractivity contribution in [1.29, 1.82) is 0 Å². The van der Waals surface area contributed by atoms with Gasteiger partial charge in [0.15, 0.2) is 0 Å². The van der Waals surface area contributed by atoms with Crippen molar-refractivity contribution in [3.05, 3.63) is 0 Å². The van der Waals surface area contributed by atoms with Crippen molar-refractivity contribution in [2.24, 2.45) is 5.92 Å². The number of rotatable bonds is 3. The molecule has 0 aromatic rings. The molecule has 0 saturated carbocycles. The molecule has 78 valence electrons. The number of sulfonamides is 1. The normalized spacial score (nSPS) is 26.2. The van der Waals surface area contributed by atoms with E-state index in [1.165, 1.54) is 4.31 Å². The molecule has 0 radical (unpaired) electrons. The van der Waals surface area contributed by atoms with Gasteiger partial charge in [-0.1, -0.05) is 0 Å². The molecule has 0 aliphatic carbocycles. The SMILES string of the molecule is CCS(=O)(=O)N1CCCC(CO)C1. The fourth-order valence-electron chi connectivity index (χ4n) is 1.61. The molecule has 5 heteroatoms. The molecule has 0 aromatic carbocycles. The maximum Gasteiger partial charge on any atom is 0.213 e. The monoisotopic (exact) mass is 207 g/mol. The molecule has 1 saturated heterocycles. The summed E-state index contributed by atoms with van der Waals surface area (Å²) < 4.78 is 24.4. The lowest BCUT2D eigenvalue weighted by Crippen LogP contribution is -2.41. The zero-order valence-electron chi connectivity index (χ0n) is 7.94. The highest BCUT2D eigenvalue weighted by Crippen LogP contribution is 2.18. The van der Waals surface area contributed by atoms with Gasteiger partial charge in [0.1, 0.15) is 0 Å². The summed E-state index contributed by atoms with van der Waals surface area (Å²) in [6.07, 6.45) is 1.80. The van der Waals surface area contributed by atoms with Crippen LogP contribution in [0.3, 0.4) is 0 Å². The summed E-state index contributed by atoms with van der Waals surface area (Å²) in [7, 11) is -3.04. The minimum atomic E-state index is -3.04. The first-order chi connectivity index (χ1) is 6.10. The average molecular weight is 207 g/mol. The van der Waals surface area contributed by atoms with Gasteiger partial charge >= 0.3 is 0 Å². The van der Waals surface area contributed by atoms with Crippen molar-refractivity contribution >= 4 is 10.0 Å². The van der Waals surface area contributed by atoms with E-state index in [-0.39, 0.29) is 18.3 Å². The van der Waals surface area contributed by atoms with Crippen LogP contribution in [0.1, 0.15) is 19.8 Å². The van der Waals surface area contributed by atoms with Gasteiger partial charge in [-0.3, -0.25) is 0 Å². The minimum Gasteiger partial charge on any atom is -0.396 e. The Morgan fingerprint density at radius 1 is 1.54 bits per heavy atom. The largest absolute Gasteiger partial charge is 0.396 e. The molecule has 4 nitrogen and oxygen atoms in total. The molecule has 1 rings (SSSR count). The van der Waals surface area contributed by atoms with E-state index in [9.17, 15) is 8.42 Å². The van der Waals surface area contributed by atoms with Crippen LogP contribution in [-0.4, -0.2) is 43.3 Å². The van der Waals surface area contributed by atoms with Gasteiger partial charge in [0.2, 0.25) is 10.0 Å². The van der Waals surface area contributed by atoms with Crippen molar-refractivity contribution in [3.63, 3.8) is 0 Å². The molecule has 0 spiro atoms. The number of hydrogen-bond acceptors (Lipinski definition) is 3. The second kappa shape index (κ2) is 4.39. The molecule has 0 amide bonds. The van der Waals surface area contributed by atoms with E-state index in [0.717, 1.165) is 12.8 Å². The highest BCUT2D eigenvalue weighted by atomic mass is 32.2. The molecule has 13 heavy (non-hydrogen) atoms. The molecular weight excluding hydrogens is 190 g/mol. The first-order valence-corrected chi connectivity index (χ1v) is 6.29. The summed E-state index contributed by atoms with van der Waals surface area (Å²) >= 11 is 0. The Bertz CT molecular complexity index is 250. The van der Waals surface area contributed by atoms with Crippen molar-refractivity contribution in [2.45, 2.75) is 19.8 Å². The molecule has 1 atom stereocenters. The quantitative estimate of drug-likeness (QED) is 0.711. The lowest BCUT2D eigenvalue weighted by Gasteiger charge is -2.30. The van der Waals surface area contributed by atoms with Crippen molar-refractivity contribution in [3.8, 4) is 0 Å². The summed E-state index contributed by atoms with van der Waals surface area (Å²) in [5.41, 5.74) is 0. The molecule has 1 aliphatic heterocycles. The van der Waals surface area contributed by atoms with Crippen molar-refractivity contribution < 1.29 is 13.5 Å². The Morgan fingerprint density at radius 3 is 2.77 bits per heavy atom. The highest BCUT2D eigenvalue weighted by molar-refractivity contribution is 7.89. The van der Waals surface area contributed by atoms with Gasteiger partial charge < -0.3 is 5.11 Å². The summed E-state index contributed by atoms with van der Waals surface area (Å²) in [5, 5.41) is 8.93. The first-order valence-electron chi connectivity index (χ1n) is 4.69. The predicted molar refractivity (Wildman–Crippen MR) is 50.8 cm³/mol. The number of hydrogen-bond donors (Lipinski definition) is 1. The van der Waals surface area contributed by atoms with Crippen LogP contribution in [0, 0.1) is 5.92 Å². The van der Waals surface area contributed by atoms with Gasteiger partial charge in [0, 0.05) is 19.7 Å². The van der Waals surface area contributed by atoms with Crippen LogP contribution >= 0.6 is 0 Å². The Morgan fingerprint density at radius 2 is 2.23 bits per heavy atom. The number of aliphatic hydroxyl groups is 1. The molecule has 1 aliphatic rings. The van der Waals surface area contributed by atoms with Gasteiger partial charge in [-0.15, -0.1) is 0 Å². The van der Waals surface area contributed by atoms with Gasteiger partial charge in [0.05, 0.1) is 5.75 Å². The maximum absolute atomic E-state index is 11.5. The fraction of sp³-hybridized carbons (Fsp3) is 1.00. The summed E-state index contributed by atoms with van der Waals surface area (Å²) in [5.74, 6) is 0.292. The van der Waals surface area contributed by atoms with Crippen LogP contribution in [0.5, 0.6) is 0 Å². The Labute approximate surface area is 79.6 Å². The van der Waals surface area contributed by atoms with Crippen molar-refractivity contribution in [2.75, 3.05) is 25.4 Å². The Hall–Kier alpha value is -0.130. The predicted octanol–water partition coefficient (Wildman–Crippen LogP) is 0.0404. The maximum atomic E-state index is 11.5. The zero-order valence-corrected chi connectivity index (χ0v) is 8.76. The lowest BCUT2D eigenvalue weighted by molar-refractivity contribution is 0.165. The molecule has 1 heterocycles. The van der Waals surface area contributed by atoms with Gasteiger partial charge in [0.25, 0.3) is 0 Å². The second-order valence-corrected chi connectivity index (χ2v) is 5.71. The van der Waals surface area contributed by atoms with E-state index in [1.807, 2.05) is 0 Å². The standard InChI is InChI=1S/C8H17NO3S/c1-2-13(11,12)9-5-3-4-8(6-9)7-10/h8,10H,2-7H2,1H3. The summed E-state index contributed by atoms with van der Waals surface area (Å²) in [6.45, 7) is 2.85. The smallest absolute Gasteiger partial charge is 0.213 e. The van der Waals surface area contributed by atoms with Crippen LogP contribution in [0.25, 0.3) is 0 Å². The van der Waals surface area contributed by atoms with E-state index in [4.69, 9.17) is 5.11 Å². The first kappa shape index (κ1) is 10.9. The topological polar surface area (TPSA) is 57.6 Å². The average Bonchev–Trinajstić information content (AvgIpc) is 2.18. The molecule has 1 unspecified atom stereocenters. The Balaban J connectivity index is 2.61. The van der Waals surface area contributed by atoms with Crippen LogP contribution in [-0.2, 0) is 10.0 Å². The minimum absolute atomic E-state index is 0.0930. The third-order valence-corrected chi connectivity index (χ3v) is 4.35. The molecule has 0 bridgehead atoms. The van der Waals surface area contributed by atoms with Gasteiger partial charge in [-0.2, -0.15) is 0 Å². The molecule has 1 fully saturated rings. The zero-order chi connectivity index (χ0) is 9.90. The van der Waals surface area contributed by atoms with E-state index in [0.29, 0.717) is 13.1 Å². The van der Waals surface area contributed by atoms with Gasteiger partial charge in [-0.25, -0.2) is 12.7 Å². The molecule has 0 aromatic heterocycles. The van der Waals surface area contributed by atoms with E-state index < -0.39 is 10.0 Å². The Kier molecular flexibility index (Phi) is 3.70. The molecular formula is C8H17NO3S. The van der Waals surface area contributed by atoms with Crippen LogP contribution < -0.4 is 0 Å². The van der Waals surface area contributed by atoms with Crippen LogP contribution in [0.2, 0.25) is 0 Å². The molecule has 1 N–H and O–H groups in total. The number of piperidine rings is 1. The third kappa shape index (κ3) is 2.65. The van der Waals surface area contributed by atoms with Crippen molar-refractivity contribution in [1.82, 2.24) is 4.31 Å². The fourth-order valence-corrected chi connectivity index (χ4v) is 2.82. The summed E-state index contributed by atoms with van der Waals surface area (Å²) in [4.78, 5) is 0. The third-order valence-electron chi connectivity index (χ3n) is 2.50. The van der Waals surface area contributed by atoms with Crippen LogP contribution in [0.15, 0.2) is 0 Å². The lowest BCUT2D eigenvalue weighted by atomic mass is 10.0. The van der Waals surface area contributed by atoms with Gasteiger partial charge in [-0.05, 0) is 25.7 Å². The van der Waals surface area contributed by atoms with Crippen LogP contribution in [0.4, 0.5) is 0 Å². The summed E-state index contributed by atoms with van der Waals surface area (Å²) in [6, 6.07) is 0. The van der Waals surface area contributed by atoms with E-state index >= 15 is 0 Å². The number of nitrogens with zero attached hydrogens (tertiary/aromatic N) is 1. The highest BCUT2D eigenvalue weighted by Gasteiger charge is 2.26. The second-order valence-electron chi connectivity index (χ2n) is 3.45.